The molecule has 0 saturated heterocycles. The Morgan fingerprint density at radius 1 is 1.05 bits per heavy atom. The van der Waals surface area contributed by atoms with Gasteiger partial charge in [-0.2, -0.15) is 13.7 Å². The molecule has 0 bridgehead atoms. The van der Waals surface area contributed by atoms with Crippen molar-refractivity contribution in [3.05, 3.63) is 63.6 Å². The summed E-state index contributed by atoms with van der Waals surface area (Å²) in [5, 5.41) is 9.30. The lowest BCUT2D eigenvalue weighted by Gasteiger charge is -2.07. The second-order valence-electron chi connectivity index (χ2n) is 4.17. The van der Waals surface area contributed by atoms with Gasteiger partial charge in [-0.3, -0.25) is 0 Å². The van der Waals surface area contributed by atoms with E-state index in [1.54, 1.807) is 6.07 Å². The van der Waals surface area contributed by atoms with Gasteiger partial charge in [0, 0.05) is 0 Å². The summed E-state index contributed by atoms with van der Waals surface area (Å²) in [7, 11) is -3.82. The van der Waals surface area contributed by atoms with Crippen molar-refractivity contribution in [1.29, 1.82) is 5.26 Å². The van der Waals surface area contributed by atoms with Crippen molar-refractivity contribution in [1.82, 2.24) is 0 Å². The maximum Gasteiger partial charge on any atom is 0.313 e. The largest absolute Gasteiger partial charge is 0.382 e. The van der Waals surface area contributed by atoms with E-state index in [0.29, 0.717) is 16.1 Å². The lowest BCUT2D eigenvalue weighted by atomic mass is 10.2. The van der Waals surface area contributed by atoms with Gasteiger partial charge in [0.25, 0.3) is 0 Å². The van der Waals surface area contributed by atoms with E-state index in [4.69, 9.17) is 32.6 Å². The van der Waals surface area contributed by atoms with E-state index in [-0.39, 0.29) is 16.5 Å². The molecule has 0 atom stereocenters. The van der Waals surface area contributed by atoms with Gasteiger partial charge in [0.1, 0.15) is 11.5 Å². The molecular weight excluding hydrogens is 333 g/mol. The summed E-state index contributed by atoms with van der Waals surface area (Å²) in [6, 6.07) is 12.3. The fourth-order valence-corrected chi connectivity index (χ4v) is 2.97. The predicted octanol–water partition coefficient (Wildman–Crippen LogP) is 3.77. The average molecular weight is 342 g/mol. The molecule has 0 unspecified atom stereocenters. The topological polar surface area (TPSA) is 67.2 Å². The van der Waals surface area contributed by atoms with Crippen LogP contribution in [0.25, 0.3) is 0 Å². The Balaban J connectivity index is 2.14. The van der Waals surface area contributed by atoms with Gasteiger partial charge < -0.3 is 4.18 Å². The van der Waals surface area contributed by atoms with Crippen LogP contribution in [0.3, 0.4) is 0 Å². The molecule has 4 nitrogen and oxygen atoms in total. The molecular formula is C14H9Cl2NO3S. The number of nitrogens with zero attached hydrogens (tertiary/aromatic N) is 1. The highest BCUT2D eigenvalue weighted by atomic mass is 35.5. The van der Waals surface area contributed by atoms with Gasteiger partial charge in [-0.15, -0.1) is 0 Å². The van der Waals surface area contributed by atoms with Crippen LogP contribution in [-0.4, -0.2) is 8.42 Å². The molecule has 108 valence electrons. The normalized spacial score (nSPS) is 10.9. The maximum absolute atomic E-state index is 12.0. The zero-order valence-electron chi connectivity index (χ0n) is 10.6. The second kappa shape index (κ2) is 6.35. The van der Waals surface area contributed by atoms with Crippen LogP contribution in [0.1, 0.15) is 11.1 Å². The Morgan fingerprint density at radius 3 is 2.29 bits per heavy atom. The van der Waals surface area contributed by atoms with Crippen LogP contribution < -0.4 is 4.18 Å². The van der Waals surface area contributed by atoms with Crippen molar-refractivity contribution in [2.24, 2.45) is 0 Å². The van der Waals surface area contributed by atoms with Crippen LogP contribution in [0.15, 0.2) is 42.5 Å². The molecule has 0 aromatic heterocycles. The number of halogens is 2. The van der Waals surface area contributed by atoms with Crippen molar-refractivity contribution in [3.63, 3.8) is 0 Å². The van der Waals surface area contributed by atoms with E-state index in [1.165, 1.54) is 36.4 Å². The van der Waals surface area contributed by atoms with E-state index in [9.17, 15) is 8.42 Å². The zero-order valence-corrected chi connectivity index (χ0v) is 12.9. The van der Waals surface area contributed by atoms with Gasteiger partial charge in [-0.05, 0) is 42.0 Å². The summed E-state index contributed by atoms with van der Waals surface area (Å²) in [6.07, 6.45) is 0. The molecule has 2 aromatic rings. The van der Waals surface area contributed by atoms with Crippen molar-refractivity contribution in [2.75, 3.05) is 0 Å². The third-order valence-electron chi connectivity index (χ3n) is 2.53. The molecule has 0 fully saturated rings. The molecule has 2 aromatic carbocycles. The summed E-state index contributed by atoms with van der Waals surface area (Å²) in [5.41, 5.74) is 0.891. The van der Waals surface area contributed by atoms with Gasteiger partial charge >= 0.3 is 10.1 Å². The van der Waals surface area contributed by atoms with Gasteiger partial charge in [-0.25, -0.2) is 0 Å². The minimum Gasteiger partial charge on any atom is -0.382 e. The summed E-state index contributed by atoms with van der Waals surface area (Å²) < 4.78 is 28.9. The average Bonchev–Trinajstić information content (AvgIpc) is 2.43. The quantitative estimate of drug-likeness (QED) is 0.793. The van der Waals surface area contributed by atoms with Gasteiger partial charge in [0.15, 0.2) is 0 Å². The molecule has 0 aliphatic carbocycles. The molecule has 0 saturated carbocycles. The third kappa shape index (κ3) is 4.36. The maximum atomic E-state index is 12.0. The second-order valence-corrected chi connectivity index (χ2v) is 6.56. The first kappa shape index (κ1) is 15.6. The highest BCUT2D eigenvalue weighted by Gasteiger charge is 2.15. The Hall–Kier alpha value is -1.74. The summed E-state index contributed by atoms with van der Waals surface area (Å²) in [5.74, 6) is -0.182. The smallest absolute Gasteiger partial charge is 0.313 e. The Morgan fingerprint density at radius 2 is 1.71 bits per heavy atom. The molecule has 2 rings (SSSR count). The predicted molar refractivity (Wildman–Crippen MR) is 80.9 cm³/mol. The van der Waals surface area contributed by atoms with Crippen molar-refractivity contribution >= 4 is 33.3 Å². The monoisotopic (exact) mass is 341 g/mol. The van der Waals surface area contributed by atoms with Crippen molar-refractivity contribution in [3.8, 4) is 11.8 Å². The molecule has 21 heavy (non-hydrogen) atoms. The van der Waals surface area contributed by atoms with Crippen LogP contribution in [0.2, 0.25) is 10.0 Å². The van der Waals surface area contributed by atoms with Gasteiger partial charge in [-0.1, -0.05) is 29.3 Å². The van der Waals surface area contributed by atoms with E-state index in [2.05, 4.69) is 0 Å². The van der Waals surface area contributed by atoms with E-state index >= 15 is 0 Å². The van der Waals surface area contributed by atoms with Crippen LogP contribution in [0, 0.1) is 11.3 Å². The van der Waals surface area contributed by atoms with Crippen LogP contribution in [0.5, 0.6) is 5.75 Å². The highest BCUT2D eigenvalue weighted by molar-refractivity contribution is 7.86. The molecule has 0 aliphatic rings. The summed E-state index contributed by atoms with van der Waals surface area (Å²) in [6.45, 7) is 0. The van der Waals surface area contributed by atoms with E-state index in [1.807, 2.05) is 6.07 Å². The molecule has 0 aliphatic heterocycles. The van der Waals surface area contributed by atoms with Crippen LogP contribution in [-0.2, 0) is 15.9 Å². The molecule has 0 amide bonds. The zero-order chi connectivity index (χ0) is 15.5. The molecule has 0 radical (unpaired) electrons. The number of benzene rings is 2. The van der Waals surface area contributed by atoms with Crippen LogP contribution in [0.4, 0.5) is 0 Å². The Kier molecular flexibility index (Phi) is 4.73. The lowest BCUT2D eigenvalue weighted by Crippen LogP contribution is -2.12. The summed E-state index contributed by atoms with van der Waals surface area (Å²) >= 11 is 11.6. The third-order valence-corrected chi connectivity index (χ3v) is 4.41. The first-order chi connectivity index (χ1) is 9.89. The van der Waals surface area contributed by atoms with Gasteiger partial charge in [0.05, 0.1) is 21.7 Å². The number of rotatable bonds is 4. The minimum absolute atomic E-state index is 0.147. The number of nitriles is 1. The van der Waals surface area contributed by atoms with Crippen molar-refractivity contribution < 1.29 is 12.6 Å². The molecule has 0 N–H and O–H groups in total. The highest BCUT2D eigenvalue weighted by Crippen LogP contribution is 2.24. The van der Waals surface area contributed by atoms with Crippen molar-refractivity contribution in [2.45, 2.75) is 5.75 Å². The molecule has 7 heteroatoms. The Bertz CT molecular complexity index is 796. The number of hydrogen-bond acceptors (Lipinski definition) is 4. The first-order valence-corrected chi connectivity index (χ1v) is 8.09. The first-order valence-electron chi connectivity index (χ1n) is 5.76. The fourth-order valence-electron chi connectivity index (χ4n) is 1.59. The fraction of sp³-hybridized carbons (Fsp3) is 0.0714. The SMILES string of the molecule is N#Cc1ccc(OS(=O)(=O)Cc2ccc(Cl)c(Cl)c2)cc1. The van der Waals surface area contributed by atoms with Gasteiger partial charge in [0.2, 0.25) is 0 Å². The summed E-state index contributed by atoms with van der Waals surface area (Å²) in [4.78, 5) is 0. The van der Waals surface area contributed by atoms with E-state index < -0.39 is 10.1 Å². The van der Waals surface area contributed by atoms with E-state index in [0.717, 1.165) is 0 Å². The molecule has 0 heterocycles. The number of hydrogen-bond donors (Lipinski definition) is 0. The minimum atomic E-state index is -3.82. The van der Waals surface area contributed by atoms with Crippen LogP contribution >= 0.6 is 23.2 Å². The lowest BCUT2D eigenvalue weighted by molar-refractivity contribution is 0.485. The molecule has 0 spiro atoms. The Labute approximate surface area is 132 Å². The standard InChI is InChI=1S/C14H9Cl2NO3S/c15-13-6-3-11(7-14(13)16)9-21(18,19)20-12-4-1-10(8-17)2-5-12/h1-7H,9H2.